The van der Waals surface area contributed by atoms with E-state index in [0.717, 1.165) is 22.6 Å². The van der Waals surface area contributed by atoms with Gasteiger partial charge in [-0.1, -0.05) is 24.3 Å². The highest BCUT2D eigenvalue weighted by molar-refractivity contribution is 5.93. The maximum absolute atomic E-state index is 13.2. The molecule has 1 atom stereocenters. The van der Waals surface area contributed by atoms with Crippen molar-refractivity contribution >= 4 is 11.8 Å². The quantitative estimate of drug-likeness (QED) is 0.570. The number of carbonyl (C=O) groups excluding carboxylic acids is 2. The average molecular weight is 493 g/mol. The van der Waals surface area contributed by atoms with Crippen LogP contribution in [0.5, 0.6) is 5.75 Å². The number of benzene rings is 2. The number of likely N-dealkylation sites (tertiary alicyclic amines) is 1. The van der Waals surface area contributed by atoms with Gasteiger partial charge in [0.25, 0.3) is 5.91 Å². The van der Waals surface area contributed by atoms with Gasteiger partial charge in [0, 0.05) is 25.6 Å². The molecule has 5 rings (SSSR count). The first-order valence-corrected chi connectivity index (χ1v) is 12.1. The molecule has 188 valence electrons. The molecule has 9 heteroatoms. The summed E-state index contributed by atoms with van der Waals surface area (Å²) in [6.45, 7) is 2.24. The van der Waals surface area contributed by atoms with Crippen LogP contribution in [0.15, 0.2) is 54.9 Å². The molecule has 8 nitrogen and oxygen atoms in total. The van der Waals surface area contributed by atoms with Gasteiger partial charge in [0.2, 0.25) is 5.91 Å². The number of fused-ring (bicyclic) bond motifs is 1. The van der Waals surface area contributed by atoms with Gasteiger partial charge in [-0.25, -0.2) is 9.37 Å². The highest BCUT2D eigenvalue weighted by Gasteiger charge is 2.32. The Morgan fingerprint density at radius 1 is 1.11 bits per heavy atom. The van der Waals surface area contributed by atoms with E-state index in [1.807, 2.05) is 28.8 Å². The molecule has 3 heterocycles. The number of nitrogens with zero attached hydrogens (tertiary/aromatic N) is 3. The number of halogens is 1. The first-order valence-electron chi connectivity index (χ1n) is 12.1. The molecule has 0 radical (unpaired) electrons. The maximum atomic E-state index is 13.2. The summed E-state index contributed by atoms with van der Waals surface area (Å²) in [6, 6.07) is 13.9. The number of amides is 2. The number of rotatable bonds is 6. The fourth-order valence-electron chi connectivity index (χ4n) is 4.76. The van der Waals surface area contributed by atoms with E-state index < -0.39 is 0 Å². The first-order chi connectivity index (χ1) is 17.5. The van der Waals surface area contributed by atoms with Crippen molar-refractivity contribution in [3.05, 3.63) is 83.2 Å². The lowest BCUT2D eigenvalue weighted by atomic mass is 9.95. The van der Waals surface area contributed by atoms with E-state index in [0.29, 0.717) is 51.3 Å². The summed E-state index contributed by atoms with van der Waals surface area (Å²) in [5.41, 5.74) is 3.09. The molecule has 0 aliphatic carbocycles. The Hall–Kier alpha value is -3.72. The molecule has 2 aliphatic heterocycles. The topological polar surface area (TPSA) is 85.7 Å². The Morgan fingerprint density at radius 3 is 2.53 bits per heavy atom. The van der Waals surface area contributed by atoms with Gasteiger partial charge in [0.15, 0.2) is 5.69 Å². The third-order valence-electron chi connectivity index (χ3n) is 6.95. The predicted octanol–water partition coefficient (Wildman–Crippen LogP) is 3.47. The molecule has 2 amide bonds. The maximum Gasteiger partial charge on any atom is 0.274 e. The molecule has 2 aliphatic rings. The van der Waals surface area contributed by atoms with Crippen molar-refractivity contribution in [1.82, 2.24) is 19.8 Å². The Kier molecular flexibility index (Phi) is 6.99. The SMILES string of the molecule is COc1ccc([C@H]2Cn3cnc(C(=O)N4CCC(C(=O)NCc5ccc(F)cc5)CC4)c3CO2)cc1. The van der Waals surface area contributed by atoms with Gasteiger partial charge in [-0.05, 0) is 48.2 Å². The molecule has 3 aromatic rings. The zero-order chi connectivity index (χ0) is 25.1. The summed E-state index contributed by atoms with van der Waals surface area (Å²) >= 11 is 0. The fraction of sp³-hybridized carbons (Fsp3) is 0.370. The minimum Gasteiger partial charge on any atom is -0.497 e. The monoisotopic (exact) mass is 492 g/mol. The minimum absolute atomic E-state index is 0.0382. The van der Waals surface area contributed by atoms with Gasteiger partial charge in [0.05, 0.1) is 32.3 Å². The van der Waals surface area contributed by atoms with E-state index >= 15 is 0 Å². The fourth-order valence-corrected chi connectivity index (χ4v) is 4.76. The van der Waals surface area contributed by atoms with Crippen LogP contribution in [0.25, 0.3) is 0 Å². The number of aromatic nitrogens is 2. The number of hydrogen-bond acceptors (Lipinski definition) is 5. The van der Waals surface area contributed by atoms with Crippen LogP contribution in [0.1, 0.15) is 46.3 Å². The molecule has 1 N–H and O–H groups in total. The smallest absolute Gasteiger partial charge is 0.274 e. The zero-order valence-electron chi connectivity index (χ0n) is 20.2. The van der Waals surface area contributed by atoms with E-state index in [1.54, 1.807) is 30.5 Å². The molecule has 0 saturated carbocycles. The van der Waals surface area contributed by atoms with Gasteiger partial charge in [-0.15, -0.1) is 0 Å². The largest absolute Gasteiger partial charge is 0.497 e. The van der Waals surface area contributed by atoms with Crippen LogP contribution in [0.4, 0.5) is 4.39 Å². The number of hydrogen-bond donors (Lipinski definition) is 1. The molecule has 1 fully saturated rings. The molecule has 0 unspecified atom stereocenters. The molecular formula is C27H29FN4O4. The van der Waals surface area contributed by atoms with Crippen molar-refractivity contribution in [3.63, 3.8) is 0 Å². The summed E-state index contributed by atoms with van der Waals surface area (Å²) in [7, 11) is 1.63. The third kappa shape index (κ3) is 5.11. The predicted molar refractivity (Wildman–Crippen MR) is 130 cm³/mol. The number of piperidine rings is 1. The molecule has 1 saturated heterocycles. The van der Waals surface area contributed by atoms with E-state index in [-0.39, 0.29) is 29.7 Å². The Labute approximate surface area is 209 Å². The number of methoxy groups -OCH3 is 1. The lowest BCUT2D eigenvalue weighted by Crippen LogP contribution is -2.43. The van der Waals surface area contributed by atoms with Crippen LogP contribution in [-0.4, -0.2) is 46.5 Å². The van der Waals surface area contributed by atoms with Crippen molar-refractivity contribution in [2.24, 2.45) is 5.92 Å². The molecular weight excluding hydrogens is 463 g/mol. The number of imidazole rings is 1. The highest BCUT2D eigenvalue weighted by Crippen LogP contribution is 2.30. The lowest BCUT2D eigenvalue weighted by Gasteiger charge is -2.31. The van der Waals surface area contributed by atoms with Gasteiger partial charge in [-0.3, -0.25) is 9.59 Å². The van der Waals surface area contributed by atoms with Crippen molar-refractivity contribution < 1.29 is 23.5 Å². The second kappa shape index (κ2) is 10.5. The highest BCUT2D eigenvalue weighted by atomic mass is 19.1. The van der Waals surface area contributed by atoms with Gasteiger partial charge < -0.3 is 24.3 Å². The van der Waals surface area contributed by atoms with Gasteiger partial charge in [0.1, 0.15) is 17.7 Å². The van der Waals surface area contributed by atoms with Crippen molar-refractivity contribution in [1.29, 1.82) is 0 Å². The summed E-state index contributed by atoms with van der Waals surface area (Å²) in [6.07, 6.45) is 2.77. The normalized spacial score (nSPS) is 17.9. The van der Waals surface area contributed by atoms with Crippen LogP contribution < -0.4 is 10.1 Å². The Balaban J connectivity index is 1.15. The van der Waals surface area contributed by atoms with Gasteiger partial charge in [-0.2, -0.15) is 0 Å². The average Bonchev–Trinajstić information content (AvgIpc) is 3.35. The second-order valence-corrected chi connectivity index (χ2v) is 9.18. The first kappa shape index (κ1) is 24.0. The number of nitrogens with one attached hydrogen (secondary N) is 1. The summed E-state index contributed by atoms with van der Waals surface area (Å²) in [4.78, 5) is 32.0. The molecule has 0 bridgehead atoms. The van der Waals surface area contributed by atoms with Crippen molar-refractivity contribution in [3.8, 4) is 5.75 Å². The van der Waals surface area contributed by atoms with Crippen LogP contribution >= 0.6 is 0 Å². The Morgan fingerprint density at radius 2 is 1.83 bits per heavy atom. The standard InChI is InChI=1S/C27H29FN4O4/c1-35-22-8-4-19(5-9-22)24-15-32-17-30-25(23(32)16-36-24)27(34)31-12-10-20(11-13-31)26(33)29-14-18-2-6-21(28)7-3-18/h2-9,17,20,24H,10-16H2,1H3,(H,29,33)/t24-/m1/s1. The second-order valence-electron chi connectivity index (χ2n) is 9.18. The number of carbonyl (C=O) groups is 2. The van der Waals surface area contributed by atoms with Crippen LogP contribution in [0, 0.1) is 11.7 Å². The lowest BCUT2D eigenvalue weighted by molar-refractivity contribution is -0.126. The Bertz CT molecular complexity index is 1220. The summed E-state index contributed by atoms with van der Waals surface area (Å²) < 4.78 is 26.3. The van der Waals surface area contributed by atoms with Crippen molar-refractivity contribution in [2.45, 2.75) is 38.6 Å². The molecule has 0 spiro atoms. The summed E-state index contributed by atoms with van der Waals surface area (Å²) in [5.74, 6) is 0.174. The van der Waals surface area contributed by atoms with E-state index in [4.69, 9.17) is 9.47 Å². The van der Waals surface area contributed by atoms with Crippen molar-refractivity contribution in [2.75, 3.05) is 20.2 Å². The molecule has 2 aromatic carbocycles. The minimum atomic E-state index is -0.301. The van der Waals surface area contributed by atoms with Crippen LogP contribution in [-0.2, 0) is 29.2 Å². The third-order valence-corrected chi connectivity index (χ3v) is 6.95. The van der Waals surface area contributed by atoms with E-state index in [2.05, 4.69) is 10.3 Å². The zero-order valence-corrected chi connectivity index (χ0v) is 20.2. The van der Waals surface area contributed by atoms with Gasteiger partial charge >= 0.3 is 0 Å². The number of ether oxygens (including phenoxy) is 2. The van der Waals surface area contributed by atoms with Crippen LogP contribution in [0.2, 0.25) is 0 Å². The summed E-state index contributed by atoms with van der Waals surface area (Å²) in [5, 5.41) is 2.92. The van der Waals surface area contributed by atoms with E-state index in [9.17, 15) is 14.0 Å². The van der Waals surface area contributed by atoms with Crippen LogP contribution in [0.3, 0.4) is 0 Å². The molecule has 36 heavy (non-hydrogen) atoms. The molecule has 1 aromatic heterocycles. The van der Waals surface area contributed by atoms with E-state index in [1.165, 1.54) is 12.1 Å².